The summed E-state index contributed by atoms with van der Waals surface area (Å²) in [5, 5.41) is 2.72. The molecule has 3 rings (SSSR count). The molecule has 2 aromatic rings. The van der Waals surface area contributed by atoms with Crippen molar-refractivity contribution in [1.29, 1.82) is 0 Å². The number of carbonyl (C=O) groups is 1. The van der Waals surface area contributed by atoms with Crippen LogP contribution in [0.15, 0.2) is 42.5 Å². The van der Waals surface area contributed by atoms with Gasteiger partial charge in [0.05, 0.1) is 0 Å². The summed E-state index contributed by atoms with van der Waals surface area (Å²) in [7, 11) is 0. The van der Waals surface area contributed by atoms with Crippen LogP contribution in [0.2, 0.25) is 0 Å². The summed E-state index contributed by atoms with van der Waals surface area (Å²) in [6.45, 7) is 3.63. The zero-order chi connectivity index (χ0) is 16.9. The van der Waals surface area contributed by atoms with Crippen LogP contribution < -0.4 is 5.32 Å². The zero-order valence-corrected chi connectivity index (χ0v) is 13.4. The Hall–Kier alpha value is -2.27. The molecule has 24 heavy (non-hydrogen) atoms. The molecular weight excluding hydrogens is 310 g/mol. The van der Waals surface area contributed by atoms with E-state index in [2.05, 4.69) is 22.3 Å². The van der Waals surface area contributed by atoms with E-state index in [0.717, 1.165) is 37.3 Å². The normalized spacial score (nSPS) is 14.8. The number of benzene rings is 2. The lowest BCUT2D eigenvalue weighted by molar-refractivity contribution is 0.0950. The summed E-state index contributed by atoms with van der Waals surface area (Å²) < 4.78 is 26.0. The molecule has 0 saturated carbocycles. The number of halogens is 2. The summed E-state index contributed by atoms with van der Waals surface area (Å²) in [6, 6.07) is 11.2. The molecule has 1 fully saturated rings. The van der Waals surface area contributed by atoms with Gasteiger partial charge in [-0.2, -0.15) is 0 Å². The van der Waals surface area contributed by atoms with Crippen LogP contribution in [0.25, 0.3) is 0 Å². The monoisotopic (exact) mass is 330 g/mol. The first-order valence-corrected chi connectivity index (χ1v) is 8.15. The van der Waals surface area contributed by atoms with Crippen molar-refractivity contribution in [3.05, 3.63) is 70.8 Å². The molecule has 0 unspecified atom stereocenters. The topological polar surface area (TPSA) is 32.3 Å². The van der Waals surface area contributed by atoms with Crippen molar-refractivity contribution >= 4 is 5.91 Å². The van der Waals surface area contributed by atoms with E-state index in [9.17, 15) is 13.6 Å². The lowest BCUT2D eigenvalue weighted by Crippen LogP contribution is -2.23. The molecule has 0 aromatic heterocycles. The second-order valence-corrected chi connectivity index (χ2v) is 6.11. The van der Waals surface area contributed by atoms with Crippen molar-refractivity contribution < 1.29 is 13.6 Å². The average Bonchev–Trinajstić information content (AvgIpc) is 3.09. The largest absolute Gasteiger partial charge is 0.348 e. The molecule has 1 amide bonds. The van der Waals surface area contributed by atoms with Crippen molar-refractivity contribution in [3.8, 4) is 0 Å². The number of hydrogen-bond donors (Lipinski definition) is 1. The maximum Gasteiger partial charge on any atom is 0.251 e. The molecule has 2 aromatic carbocycles. The molecule has 1 saturated heterocycles. The van der Waals surface area contributed by atoms with Crippen LogP contribution in [0.4, 0.5) is 8.78 Å². The van der Waals surface area contributed by atoms with Crippen molar-refractivity contribution in [1.82, 2.24) is 10.2 Å². The molecule has 0 bridgehead atoms. The number of rotatable bonds is 5. The van der Waals surface area contributed by atoms with E-state index >= 15 is 0 Å². The van der Waals surface area contributed by atoms with Crippen molar-refractivity contribution in [3.63, 3.8) is 0 Å². The van der Waals surface area contributed by atoms with E-state index < -0.39 is 17.5 Å². The molecule has 5 heteroatoms. The Morgan fingerprint density at radius 2 is 1.62 bits per heavy atom. The highest BCUT2D eigenvalue weighted by Gasteiger charge is 2.12. The van der Waals surface area contributed by atoms with Gasteiger partial charge in [-0.3, -0.25) is 9.69 Å². The van der Waals surface area contributed by atoms with E-state index in [1.807, 2.05) is 12.1 Å². The highest BCUT2D eigenvalue weighted by atomic mass is 19.2. The lowest BCUT2D eigenvalue weighted by atomic mass is 10.1. The zero-order valence-electron chi connectivity index (χ0n) is 13.4. The summed E-state index contributed by atoms with van der Waals surface area (Å²) >= 11 is 0. The predicted octanol–water partition coefficient (Wildman–Crippen LogP) is 3.49. The van der Waals surface area contributed by atoms with Crippen LogP contribution in [0, 0.1) is 11.6 Å². The number of likely N-dealkylation sites (tertiary alicyclic amines) is 1. The van der Waals surface area contributed by atoms with Gasteiger partial charge in [0, 0.05) is 18.7 Å². The van der Waals surface area contributed by atoms with Crippen LogP contribution in [0.5, 0.6) is 0 Å². The van der Waals surface area contributed by atoms with Gasteiger partial charge in [0.1, 0.15) is 0 Å². The van der Waals surface area contributed by atoms with Crippen LogP contribution in [-0.4, -0.2) is 23.9 Å². The second-order valence-electron chi connectivity index (χ2n) is 6.11. The number of nitrogens with zero attached hydrogens (tertiary/aromatic N) is 1. The quantitative estimate of drug-likeness (QED) is 0.910. The van der Waals surface area contributed by atoms with Gasteiger partial charge in [-0.15, -0.1) is 0 Å². The van der Waals surface area contributed by atoms with Gasteiger partial charge in [0.25, 0.3) is 5.91 Å². The van der Waals surface area contributed by atoms with Crippen LogP contribution >= 0.6 is 0 Å². The molecule has 0 aliphatic carbocycles. The van der Waals surface area contributed by atoms with E-state index in [1.54, 1.807) is 0 Å². The molecule has 0 spiro atoms. The van der Waals surface area contributed by atoms with E-state index in [1.165, 1.54) is 24.5 Å². The van der Waals surface area contributed by atoms with E-state index in [4.69, 9.17) is 0 Å². The third kappa shape index (κ3) is 4.17. The molecule has 1 N–H and O–H groups in total. The Kier molecular flexibility index (Phi) is 5.20. The smallest absolute Gasteiger partial charge is 0.251 e. The summed E-state index contributed by atoms with van der Waals surface area (Å²) in [5.41, 5.74) is 2.34. The van der Waals surface area contributed by atoms with Crippen LogP contribution in [0.3, 0.4) is 0 Å². The third-order valence-corrected chi connectivity index (χ3v) is 4.26. The Bertz CT molecular complexity index is 710. The number of amides is 1. The van der Waals surface area contributed by atoms with Crippen molar-refractivity contribution in [2.45, 2.75) is 25.9 Å². The van der Waals surface area contributed by atoms with Gasteiger partial charge in [-0.05, 0) is 55.3 Å². The summed E-state index contributed by atoms with van der Waals surface area (Å²) in [6.07, 6.45) is 2.54. The van der Waals surface area contributed by atoms with Crippen molar-refractivity contribution in [2.24, 2.45) is 0 Å². The maximum atomic E-state index is 13.2. The fraction of sp³-hybridized carbons (Fsp3) is 0.316. The van der Waals surface area contributed by atoms with Crippen LogP contribution in [0.1, 0.15) is 34.3 Å². The van der Waals surface area contributed by atoms with E-state index in [-0.39, 0.29) is 5.56 Å². The number of nitrogens with one attached hydrogen (secondary N) is 1. The lowest BCUT2D eigenvalue weighted by Gasteiger charge is -2.14. The Morgan fingerprint density at radius 1 is 0.958 bits per heavy atom. The Balaban J connectivity index is 1.53. The minimum atomic E-state index is -1.02. The minimum Gasteiger partial charge on any atom is -0.348 e. The first-order valence-electron chi connectivity index (χ1n) is 8.15. The molecule has 1 heterocycles. The van der Waals surface area contributed by atoms with Gasteiger partial charge in [0.15, 0.2) is 11.6 Å². The number of carbonyl (C=O) groups excluding carboxylic acids is 1. The average molecular weight is 330 g/mol. The van der Waals surface area contributed by atoms with Gasteiger partial charge in [0.2, 0.25) is 0 Å². The molecule has 3 nitrogen and oxygen atoms in total. The van der Waals surface area contributed by atoms with Gasteiger partial charge < -0.3 is 5.32 Å². The molecule has 0 radical (unpaired) electrons. The summed E-state index contributed by atoms with van der Waals surface area (Å²) in [5.74, 6) is -2.40. The van der Waals surface area contributed by atoms with Gasteiger partial charge in [-0.25, -0.2) is 8.78 Å². The number of hydrogen-bond acceptors (Lipinski definition) is 2. The first kappa shape index (κ1) is 16.6. The van der Waals surface area contributed by atoms with Crippen molar-refractivity contribution in [2.75, 3.05) is 13.1 Å². The van der Waals surface area contributed by atoms with Gasteiger partial charge in [-0.1, -0.05) is 24.3 Å². The van der Waals surface area contributed by atoms with E-state index in [0.29, 0.717) is 6.54 Å². The summed E-state index contributed by atoms with van der Waals surface area (Å²) in [4.78, 5) is 14.4. The minimum absolute atomic E-state index is 0.111. The van der Waals surface area contributed by atoms with Gasteiger partial charge >= 0.3 is 0 Å². The predicted molar refractivity (Wildman–Crippen MR) is 88.5 cm³/mol. The maximum absolute atomic E-state index is 13.2. The Morgan fingerprint density at radius 3 is 2.29 bits per heavy atom. The van der Waals surface area contributed by atoms with Crippen LogP contribution in [-0.2, 0) is 13.1 Å². The SMILES string of the molecule is O=C(NCc1ccc(CN2CCCC2)cc1)c1ccc(F)c(F)c1. The molecule has 1 aliphatic rings. The molecule has 1 aliphatic heterocycles. The fourth-order valence-electron chi connectivity index (χ4n) is 2.88. The molecular formula is C19H20F2N2O. The first-order chi connectivity index (χ1) is 11.6. The highest BCUT2D eigenvalue weighted by molar-refractivity contribution is 5.94. The Labute approximate surface area is 140 Å². The highest BCUT2D eigenvalue weighted by Crippen LogP contribution is 2.13. The molecule has 126 valence electrons. The third-order valence-electron chi connectivity index (χ3n) is 4.26. The standard InChI is InChI=1S/C19H20F2N2O/c20-17-8-7-16(11-18(17)21)19(24)22-12-14-3-5-15(6-4-14)13-23-9-1-2-10-23/h3-8,11H,1-2,9-10,12-13H2,(H,22,24). The fourth-order valence-corrected chi connectivity index (χ4v) is 2.88. The second kappa shape index (κ2) is 7.53. The molecule has 0 atom stereocenters.